The van der Waals surface area contributed by atoms with Crippen LogP contribution in [0.1, 0.15) is 22.8 Å². The number of carbonyl (C=O) groups is 1. The second-order valence-electron chi connectivity index (χ2n) is 4.08. The molecule has 0 N–H and O–H groups in total. The van der Waals surface area contributed by atoms with Gasteiger partial charge in [0.1, 0.15) is 18.2 Å². The molecule has 4 heteroatoms. The maximum Gasteiger partial charge on any atom is 0.163 e. The Morgan fingerprint density at radius 2 is 2.00 bits per heavy atom. The summed E-state index contributed by atoms with van der Waals surface area (Å²) in [5.74, 6) is -0.388. The van der Waals surface area contributed by atoms with E-state index in [1.54, 1.807) is 6.07 Å². The van der Waals surface area contributed by atoms with Gasteiger partial charge in [-0.2, -0.15) is 0 Å². The van der Waals surface area contributed by atoms with E-state index in [-0.39, 0.29) is 18.1 Å². The molecular formula is C15H12ClFO2. The van der Waals surface area contributed by atoms with Crippen LogP contribution in [-0.2, 0) is 6.61 Å². The molecule has 0 heterocycles. The largest absolute Gasteiger partial charge is 0.488 e. The first-order valence-corrected chi connectivity index (χ1v) is 6.12. The minimum absolute atomic E-state index is 0.172. The van der Waals surface area contributed by atoms with Gasteiger partial charge in [0.05, 0.1) is 5.56 Å². The molecule has 0 fully saturated rings. The zero-order chi connectivity index (χ0) is 13.8. The van der Waals surface area contributed by atoms with E-state index in [1.807, 2.05) is 18.2 Å². The van der Waals surface area contributed by atoms with Gasteiger partial charge in [-0.1, -0.05) is 29.8 Å². The Morgan fingerprint density at radius 1 is 1.26 bits per heavy atom. The SMILES string of the molecule is CC(=O)c1ccc(F)cc1OCc1ccccc1Cl. The molecule has 19 heavy (non-hydrogen) atoms. The fourth-order valence-electron chi connectivity index (χ4n) is 1.68. The van der Waals surface area contributed by atoms with Gasteiger partial charge < -0.3 is 4.74 Å². The Labute approximate surface area is 115 Å². The average Bonchev–Trinajstić information content (AvgIpc) is 2.37. The Morgan fingerprint density at radius 3 is 2.68 bits per heavy atom. The second kappa shape index (κ2) is 5.85. The zero-order valence-electron chi connectivity index (χ0n) is 10.3. The highest BCUT2D eigenvalue weighted by atomic mass is 35.5. The van der Waals surface area contributed by atoms with Crippen LogP contribution in [0.25, 0.3) is 0 Å². The lowest BCUT2D eigenvalue weighted by molar-refractivity contribution is 0.101. The highest BCUT2D eigenvalue weighted by Gasteiger charge is 2.10. The first-order chi connectivity index (χ1) is 9.08. The number of halogens is 2. The molecule has 2 aromatic carbocycles. The third kappa shape index (κ3) is 3.32. The van der Waals surface area contributed by atoms with Crippen LogP contribution in [0.4, 0.5) is 4.39 Å². The van der Waals surface area contributed by atoms with Crippen LogP contribution >= 0.6 is 11.6 Å². The van der Waals surface area contributed by atoms with Crippen LogP contribution in [0.15, 0.2) is 42.5 Å². The van der Waals surface area contributed by atoms with Crippen molar-refractivity contribution in [3.8, 4) is 5.75 Å². The summed E-state index contributed by atoms with van der Waals surface area (Å²) in [4.78, 5) is 11.4. The van der Waals surface area contributed by atoms with Crippen molar-refractivity contribution >= 4 is 17.4 Å². The fraction of sp³-hybridized carbons (Fsp3) is 0.133. The molecule has 0 aliphatic heterocycles. The average molecular weight is 279 g/mol. The van der Waals surface area contributed by atoms with Gasteiger partial charge in [-0.15, -0.1) is 0 Å². The highest BCUT2D eigenvalue weighted by molar-refractivity contribution is 6.31. The second-order valence-corrected chi connectivity index (χ2v) is 4.48. The smallest absolute Gasteiger partial charge is 0.163 e. The van der Waals surface area contributed by atoms with E-state index in [9.17, 15) is 9.18 Å². The molecule has 2 aromatic rings. The highest BCUT2D eigenvalue weighted by Crippen LogP contribution is 2.23. The normalized spacial score (nSPS) is 10.3. The Balaban J connectivity index is 2.22. The molecule has 0 bridgehead atoms. The minimum atomic E-state index is -0.445. The van der Waals surface area contributed by atoms with E-state index in [4.69, 9.17) is 16.3 Å². The summed E-state index contributed by atoms with van der Waals surface area (Å²) in [5, 5.41) is 0.572. The number of hydrogen-bond acceptors (Lipinski definition) is 2. The van der Waals surface area contributed by atoms with Gasteiger partial charge in [0, 0.05) is 16.7 Å². The van der Waals surface area contributed by atoms with Crippen LogP contribution < -0.4 is 4.74 Å². The first kappa shape index (κ1) is 13.6. The number of ketones is 1. The van der Waals surface area contributed by atoms with Crippen LogP contribution in [0.2, 0.25) is 5.02 Å². The standard InChI is InChI=1S/C15H12ClFO2/c1-10(18)13-7-6-12(17)8-15(13)19-9-11-4-2-3-5-14(11)16/h2-8H,9H2,1H3. The molecular weight excluding hydrogens is 267 g/mol. The van der Waals surface area contributed by atoms with Crippen molar-refractivity contribution in [2.75, 3.05) is 0 Å². The molecule has 0 atom stereocenters. The van der Waals surface area contributed by atoms with E-state index in [1.165, 1.54) is 25.1 Å². The molecule has 0 saturated heterocycles. The minimum Gasteiger partial charge on any atom is -0.488 e. The number of carbonyl (C=O) groups excluding carboxylic acids is 1. The monoisotopic (exact) mass is 278 g/mol. The van der Waals surface area contributed by atoms with E-state index in [0.29, 0.717) is 10.6 Å². The van der Waals surface area contributed by atoms with E-state index < -0.39 is 5.82 Å². The molecule has 0 saturated carbocycles. The van der Waals surface area contributed by atoms with Gasteiger partial charge in [-0.25, -0.2) is 4.39 Å². The van der Waals surface area contributed by atoms with Crippen molar-refractivity contribution in [3.63, 3.8) is 0 Å². The molecule has 0 aliphatic carbocycles. The maximum absolute atomic E-state index is 13.2. The molecule has 0 radical (unpaired) electrons. The van der Waals surface area contributed by atoms with Crippen LogP contribution in [-0.4, -0.2) is 5.78 Å². The van der Waals surface area contributed by atoms with Gasteiger partial charge in [-0.3, -0.25) is 4.79 Å². The first-order valence-electron chi connectivity index (χ1n) is 5.74. The van der Waals surface area contributed by atoms with Gasteiger partial charge in [0.25, 0.3) is 0 Å². The molecule has 0 aliphatic rings. The zero-order valence-corrected chi connectivity index (χ0v) is 11.1. The van der Waals surface area contributed by atoms with E-state index in [2.05, 4.69) is 0 Å². The van der Waals surface area contributed by atoms with Crippen LogP contribution in [0, 0.1) is 5.82 Å². The number of rotatable bonds is 4. The fourth-order valence-corrected chi connectivity index (χ4v) is 1.87. The van der Waals surface area contributed by atoms with Gasteiger partial charge >= 0.3 is 0 Å². The summed E-state index contributed by atoms with van der Waals surface area (Å²) in [6.07, 6.45) is 0. The van der Waals surface area contributed by atoms with Gasteiger partial charge in [0.15, 0.2) is 5.78 Å². The molecule has 2 rings (SSSR count). The quantitative estimate of drug-likeness (QED) is 0.781. The maximum atomic E-state index is 13.2. The van der Waals surface area contributed by atoms with Crippen molar-refractivity contribution in [1.82, 2.24) is 0 Å². The topological polar surface area (TPSA) is 26.3 Å². The van der Waals surface area contributed by atoms with Crippen molar-refractivity contribution < 1.29 is 13.9 Å². The predicted molar refractivity (Wildman–Crippen MR) is 72.2 cm³/mol. The van der Waals surface area contributed by atoms with Crippen molar-refractivity contribution in [3.05, 3.63) is 64.4 Å². The molecule has 0 unspecified atom stereocenters. The Kier molecular flexibility index (Phi) is 4.17. The molecule has 0 spiro atoms. The third-order valence-corrected chi connectivity index (χ3v) is 3.03. The predicted octanol–water partition coefficient (Wildman–Crippen LogP) is 4.26. The van der Waals surface area contributed by atoms with Gasteiger partial charge in [-0.05, 0) is 25.1 Å². The summed E-state index contributed by atoms with van der Waals surface area (Å²) < 4.78 is 18.7. The summed E-state index contributed by atoms with van der Waals surface area (Å²) in [6.45, 7) is 1.60. The molecule has 98 valence electrons. The van der Waals surface area contributed by atoms with Crippen molar-refractivity contribution in [1.29, 1.82) is 0 Å². The van der Waals surface area contributed by atoms with Gasteiger partial charge in [0.2, 0.25) is 0 Å². The molecule has 2 nitrogen and oxygen atoms in total. The lowest BCUT2D eigenvalue weighted by Crippen LogP contribution is -2.02. The lowest BCUT2D eigenvalue weighted by Gasteiger charge is -2.10. The third-order valence-electron chi connectivity index (χ3n) is 2.66. The van der Waals surface area contributed by atoms with Crippen molar-refractivity contribution in [2.45, 2.75) is 13.5 Å². The Bertz CT molecular complexity index is 611. The van der Waals surface area contributed by atoms with Crippen LogP contribution in [0.3, 0.4) is 0 Å². The number of benzene rings is 2. The summed E-state index contributed by atoms with van der Waals surface area (Å²) in [6, 6.07) is 11.1. The van der Waals surface area contributed by atoms with Crippen molar-refractivity contribution in [2.24, 2.45) is 0 Å². The lowest BCUT2D eigenvalue weighted by atomic mass is 10.1. The summed E-state index contributed by atoms with van der Waals surface area (Å²) >= 11 is 6.00. The summed E-state index contributed by atoms with van der Waals surface area (Å²) in [5.41, 5.74) is 1.14. The molecule has 0 aromatic heterocycles. The van der Waals surface area contributed by atoms with E-state index >= 15 is 0 Å². The van der Waals surface area contributed by atoms with Crippen LogP contribution in [0.5, 0.6) is 5.75 Å². The summed E-state index contributed by atoms with van der Waals surface area (Å²) in [7, 11) is 0. The number of ether oxygens (including phenoxy) is 1. The molecule has 0 amide bonds. The number of Topliss-reactive ketones (excluding diaryl/α,β-unsaturated/α-hetero) is 1. The number of hydrogen-bond donors (Lipinski definition) is 0. The van der Waals surface area contributed by atoms with E-state index in [0.717, 1.165) is 5.56 Å². The Hall–Kier alpha value is -1.87.